The summed E-state index contributed by atoms with van der Waals surface area (Å²) in [7, 11) is 3.11. The Balaban J connectivity index is 2.78. The van der Waals surface area contributed by atoms with Crippen molar-refractivity contribution in [2.75, 3.05) is 26.1 Å². The Morgan fingerprint density at radius 1 is 1.39 bits per heavy atom. The van der Waals surface area contributed by atoms with Crippen LogP contribution in [0.3, 0.4) is 0 Å². The van der Waals surface area contributed by atoms with Crippen molar-refractivity contribution in [3.63, 3.8) is 0 Å². The van der Waals surface area contributed by atoms with E-state index >= 15 is 0 Å². The predicted octanol–water partition coefficient (Wildman–Crippen LogP) is 2.46. The molecule has 0 aliphatic rings. The van der Waals surface area contributed by atoms with Crippen LogP contribution in [0.25, 0.3) is 0 Å². The smallest absolute Gasteiger partial charge is 0.255 e. The highest BCUT2D eigenvalue weighted by Gasteiger charge is 2.13. The van der Waals surface area contributed by atoms with E-state index in [0.29, 0.717) is 29.5 Å². The molecule has 1 atom stereocenters. The summed E-state index contributed by atoms with van der Waals surface area (Å²) in [4.78, 5) is 12.0. The van der Waals surface area contributed by atoms with E-state index in [0.717, 1.165) is 5.33 Å². The normalized spacial score (nSPS) is 11.8. The van der Waals surface area contributed by atoms with Crippen LogP contribution in [0.1, 0.15) is 17.3 Å². The molecule has 1 N–H and O–H groups in total. The number of methoxy groups -OCH3 is 2. The summed E-state index contributed by atoms with van der Waals surface area (Å²) < 4.78 is 10.3. The maximum atomic E-state index is 12.0. The fourth-order valence-corrected chi connectivity index (χ4v) is 1.63. The standard InChI is InChI=1S/C13H18BrNO3/c1-9(7-14)8-15-13(16)11-5-4-10(17-2)6-12(11)18-3/h4-6,9H,7-8H2,1-3H3,(H,15,16). The van der Waals surface area contributed by atoms with Gasteiger partial charge in [0.2, 0.25) is 0 Å². The summed E-state index contributed by atoms with van der Waals surface area (Å²) >= 11 is 3.38. The minimum Gasteiger partial charge on any atom is -0.497 e. The number of rotatable bonds is 6. The molecule has 0 radical (unpaired) electrons. The van der Waals surface area contributed by atoms with E-state index in [1.54, 1.807) is 25.3 Å². The minimum absolute atomic E-state index is 0.137. The number of benzene rings is 1. The second-order valence-electron chi connectivity index (χ2n) is 4.04. The van der Waals surface area contributed by atoms with Gasteiger partial charge in [-0.15, -0.1) is 0 Å². The third kappa shape index (κ3) is 3.91. The summed E-state index contributed by atoms with van der Waals surface area (Å²) in [6.07, 6.45) is 0. The number of nitrogens with one attached hydrogen (secondary N) is 1. The van der Waals surface area contributed by atoms with Gasteiger partial charge in [0.1, 0.15) is 11.5 Å². The van der Waals surface area contributed by atoms with Crippen molar-refractivity contribution in [2.24, 2.45) is 5.92 Å². The van der Waals surface area contributed by atoms with Crippen molar-refractivity contribution in [3.8, 4) is 11.5 Å². The highest BCUT2D eigenvalue weighted by molar-refractivity contribution is 9.09. The molecule has 0 fully saturated rings. The monoisotopic (exact) mass is 315 g/mol. The molecule has 0 saturated heterocycles. The number of carbonyl (C=O) groups is 1. The molecule has 18 heavy (non-hydrogen) atoms. The summed E-state index contributed by atoms with van der Waals surface area (Å²) in [5, 5.41) is 3.73. The van der Waals surface area contributed by atoms with Gasteiger partial charge in [0.15, 0.2) is 0 Å². The SMILES string of the molecule is COc1ccc(C(=O)NCC(C)CBr)c(OC)c1. The number of carbonyl (C=O) groups excluding carboxylic acids is 1. The molecule has 4 nitrogen and oxygen atoms in total. The highest BCUT2D eigenvalue weighted by atomic mass is 79.9. The third-order valence-electron chi connectivity index (χ3n) is 2.53. The Kier molecular flexibility index (Phi) is 5.98. The second kappa shape index (κ2) is 7.26. The lowest BCUT2D eigenvalue weighted by Crippen LogP contribution is -2.29. The molecule has 1 unspecified atom stereocenters. The van der Waals surface area contributed by atoms with Gasteiger partial charge < -0.3 is 14.8 Å². The quantitative estimate of drug-likeness (QED) is 0.820. The zero-order chi connectivity index (χ0) is 13.5. The zero-order valence-electron chi connectivity index (χ0n) is 10.8. The van der Waals surface area contributed by atoms with Gasteiger partial charge in [0.25, 0.3) is 5.91 Å². The van der Waals surface area contributed by atoms with Crippen LogP contribution in [0.15, 0.2) is 18.2 Å². The number of halogens is 1. The summed E-state index contributed by atoms with van der Waals surface area (Å²) in [6, 6.07) is 5.14. The molecule has 1 aromatic rings. The molecule has 1 amide bonds. The number of ether oxygens (including phenoxy) is 2. The number of hydrogen-bond donors (Lipinski definition) is 1. The molecule has 0 aliphatic heterocycles. The molecule has 0 bridgehead atoms. The fourth-order valence-electron chi connectivity index (χ4n) is 1.40. The predicted molar refractivity (Wildman–Crippen MR) is 74.8 cm³/mol. The van der Waals surface area contributed by atoms with Crippen molar-refractivity contribution in [2.45, 2.75) is 6.92 Å². The van der Waals surface area contributed by atoms with Crippen LogP contribution in [-0.2, 0) is 0 Å². The van der Waals surface area contributed by atoms with E-state index in [1.165, 1.54) is 7.11 Å². The van der Waals surface area contributed by atoms with Crippen molar-refractivity contribution in [3.05, 3.63) is 23.8 Å². The summed E-state index contributed by atoms with van der Waals surface area (Å²) in [6.45, 7) is 2.68. The Morgan fingerprint density at radius 3 is 2.67 bits per heavy atom. The summed E-state index contributed by atoms with van der Waals surface area (Å²) in [5.41, 5.74) is 0.514. The van der Waals surface area contributed by atoms with Crippen LogP contribution in [0.5, 0.6) is 11.5 Å². The van der Waals surface area contributed by atoms with Gasteiger partial charge in [-0.05, 0) is 18.1 Å². The topological polar surface area (TPSA) is 47.6 Å². The average molecular weight is 316 g/mol. The van der Waals surface area contributed by atoms with Crippen LogP contribution in [0.2, 0.25) is 0 Å². The molecule has 0 heterocycles. The lowest BCUT2D eigenvalue weighted by molar-refractivity contribution is 0.0946. The molecule has 0 spiro atoms. The third-order valence-corrected chi connectivity index (χ3v) is 3.63. The number of hydrogen-bond acceptors (Lipinski definition) is 3. The lowest BCUT2D eigenvalue weighted by atomic mass is 10.1. The van der Waals surface area contributed by atoms with Gasteiger partial charge in [0, 0.05) is 17.9 Å². The first-order chi connectivity index (χ1) is 8.62. The molecular weight excluding hydrogens is 298 g/mol. The molecule has 1 aromatic carbocycles. The Bertz CT molecular complexity index is 409. The highest BCUT2D eigenvalue weighted by Crippen LogP contribution is 2.24. The Morgan fingerprint density at radius 2 is 2.11 bits per heavy atom. The molecule has 0 aromatic heterocycles. The fraction of sp³-hybridized carbons (Fsp3) is 0.462. The van der Waals surface area contributed by atoms with Crippen LogP contribution in [0, 0.1) is 5.92 Å². The van der Waals surface area contributed by atoms with Gasteiger partial charge in [-0.25, -0.2) is 0 Å². The Labute approximate surface area is 116 Å². The first kappa shape index (κ1) is 14.8. The molecule has 0 saturated carbocycles. The molecule has 1 rings (SSSR count). The van der Waals surface area contributed by atoms with E-state index in [4.69, 9.17) is 9.47 Å². The molecular formula is C13H18BrNO3. The maximum Gasteiger partial charge on any atom is 0.255 e. The zero-order valence-corrected chi connectivity index (χ0v) is 12.4. The van der Waals surface area contributed by atoms with E-state index in [9.17, 15) is 4.79 Å². The van der Waals surface area contributed by atoms with Crippen LogP contribution >= 0.6 is 15.9 Å². The van der Waals surface area contributed by atoms with Crippen molar-refractivity contribution in [1.29, 1.82) is 0 Å². The minimum atomic E-state index is -0.137. The Hall–Kier alpha value is -1.23. The van der Waals surface area contributed by atoms with Gasteiger partial charge >= 0.3 is 0 Å². The van der Waals surface area contributed by atoms with Crippen molar-refractivity contribution in [1.82, 2.24) is 5.32 Å². The lowest BCUT2D eigenvalue weighted by Gasteiger charge is -2.12. The molecule has 0 aliphatic carbocycles. The van der Waals surface area contributed by atoms with Crippen LogP contribution in [-0.4, -0.2) is 32.0 Å². The number of amides is 1. The largest absolute Gasteiger partial charge is 0.497 e. The number of alkyl halides is 1. The van der Waals surface area contributed by atoms with E-state index in [-0.39, 0.29) is 5.91 Å². The van der Waals surface area contributed by atoms with E-state index in [1.807, 2.05) is 0 Å². The first-order valence-electron chi connectivity index (χ1n) is 5.68. The van der Waals surface area contributed by atoms with Gasteiger partial charge in [-0.3, -0.25) is 4.79 Å². The van der Waals surface area contributed by atoms with Gasteiger partial charge in [-0.2, -0.15) is 0 Å². The van der Waals surface area contributed by atoms with Crippen LogP contribution in [0.4, 0.5) is 0 Å². The maximum absolute atomic E-state index is 12.0. The van der Waals surface area contributed by atoms with Crippen molar-refractivity contribution < 1.29 is 14.3 Å². The van der Waals surface area contributed by atoms with Gasteiger partial charge in [-0.1, -0.05) is 22.9 Å². The second-order valence-corrected chi connectivity index (χ2v) is 4.68. The first-order valence-corrected chi connectivity index (χ1v) is 6.80. The molecule has 5 heteroatoms. The van der Waals surface area contributed by atoms with Crippen LogP contribution < -0.4 is 14.8 Å². The average Bonchev–Trinajstić information content (AvgIpc) is 2.43. The van der Waals surface area contributed by atoms with Gasteiger partial charge in [0.05, 0.1) is 19.8 Å². The van der Waals surface area contributed by atoms with E-state index in [2.05, 4.69) is 28.2 Å². The molecule has 100 valence electrons. The summed E-state index contributed by atoms with van der Waals surface area (Å²) in [5.74, 6) is 1.43. The van der Waals surface area contributed by atoms with Crippen molar-refractivity contribution >= 4 is 21.8 Å². The van der Waals surface area contributed by atoms with E-state index < -0.39 is 0 Å².